The Morgan fingerprint density at radius 3 is 2.68 bits per heavy atom. The third-order valence-corrected chi connectivity index (χ3v) is 3.60. The number of rotatable bonds is 3. The lowest BCUT2D eigenvalue weighted by atomic mass is 10.2. The van der Waals surface area contributed by atoms with Gasteiger partial charge in [-0.3, -0.25) is 14.5 Å². The molecule has 0 atom stereocenters. The van der Waals surface area contributed by atoms with Crippen LogP contribution in [0.25, 0.3) is 0 Å². The van der Waals surface area contributed by atoms with Crippen molar-refractivity contribution in [1.29, 1.82) is 0 Å². The third kappa shape index (κ3) is 3.37. The van der Waals surface area contributed by atoms with Crippen molar-refractivity contribution in [3.8, 4) is 11.5 Å². The van der Waals surface area contributed by atoms with Crippen LogP contribution in [0.15, 0.2) is 42.5 Å². The highest BCUT2D eigenvalue weighted by molar-refractivity contribution is 6.10. The summed E-state index contributed by atoms with van der Waals surface area (Å²) in [5, 5.41) is 21.5. The number of esters is 1. The van der Waals surface area contributed by atoms with Gasteiger partial charge in [-0.25, -0.2) is 4.79 Å². The van der Waals surface area contributed by atoms with Gasteiger partial charge >= 0.3 is 5.97 Å². The van der Waals surface area contributed by atoms with Gasteiger partial charge < -0.3 is 20.3 Å². The van der Waals surface area contributed by atoms with Crippen molar-refractivity contribution in [2.75, 3.05) is 23.4 Å². The van der Waals surface area contributed by atoms with E-state index in [-0.39, 0.29) is 23.8 Å². The van der Waals surface area contributed by atoms with Gasteiger partial charge in [-0.2, -0.15) is 0 Å². The number of aromatic hydroxyl groups is 2. The first-order valence-corrected chi connectivity index (χ1v) is 7.34. The summed E-state index contributed by atoms with van der Waals surface area (Å²) in [6.45, 7) is -0.779. The Kier molecular flexibility index (Phi) is 4.25. The Hall–Kier alpha value is -3.55. The van der Waals surface area contributed by atoms with E-state index in [9.17, 15) is 24.6 Å². The van der Waals surface area contributed by atoms with Gasteiger partial charge in [0.1, 0.15) is 23.6 Å². The van der Waals surface area contributed by atoms with Crippen molar-refractivity contribution >= 4 is 29.2 Å². The fourth-order valence-corrected chi connectivity index (χ4v) is 2.43. The average molecular weight is 342 g/mol. The summed E-state index contributed by atoms with van der Waals surface area (Å²) < 4.78 is 4.91. The zero-order chi connectivity index (χ0) is 18.0. The smallest absolute Gasteiger partial charge is 0.342 e. The number of phenols is 2. The largest absolute Gasteiger partial charge is 0.508 e. The number of benzene rings is 2. The van der Waals surface area contributed by atoms with E-state index < -0.39 is 24.2 Å². The van der Waals surface area contributed by atoms with Gasteiger partial charge in [-0.15, -0.1) is 0 Å². The molecule has 1 aliphatic rings. The van der Waals surface area contributed by atoms with Gasteiger partial charge in [0.15, 0.2) is 6.61 Å². The summed E-state index contributed by atoms with van der Waals surface area (Å²) in [7, 11) is 0. The average Bonchev–Trinajstić information content (AvgIpc) is 2.58. The second kappa shape index (κ2) is 6.52. The zero-order valence-electron chi connectivity index (χ0n) is 12.9. The Labute approximate surface area is 142 Å². The van der Waals surface area contributed by atoms with Crippen molar-refractivity contribution in [2.45, 2.75) is 0 Å². The number of nitrogens with zero attached hydrogens (tertiary/aromatic N) is 1. The lowest BCUT2D eigenvalue weighted by molar-refractivity contribution is -0.124. The summed E-state index contributed by atoms with van der Waals surface area (Å²) in [4.78, 5) is 37.2. The first-order chi connectivity index (χ1) is 12.0. The molecule has 8 nitrogen and oxygen atoms in total. The highest BCUT2D eigenvalue weighted by Gasteiger charge is 2.27. The van der Waals surface area contributed by atoms with E-state index in [1.165, 1.54) is 17.0 Å². The molecule has 0 aromatic heterocycles. The predicted molar refractivity (Wildman–Crippen MR) is 87.5 cm³/mol. The minimum Gasteiger partial charge on any atom is -0.508 e. The van der Waals surface area contributed by atoms with Gasteiger partial charge in [0.05, 0.1) is 11.4 Å². The number of nitrogens with one attached hydrogen (secondary N) is 1. The molecule has 0 saturated heterocycles. The molecule has 0 unspecified atom stereocenters. The Morgan fingerprint density at radius 1 is 1.16 bits per heavy atom. The molecule has 0 fully saturated rings. The molecule has 3 N–H and O–H groups in total. The molecule has 128 valence electrons. The summed E-state index contributed by atoms with van der Waals surface area (Å²) in [5.41, 5.74) is 0.827. The number of hydrogen-bond donors (Lipinski definition) is 3. The normalized spacial score (nSPS) is 13.0. The summed E-state index contributed by atoms with van der Waals surface area (Å²) in [6.07, 6.45) is 0. The van der Waals surface area contributed by atoms with Crippen LogP contribution in [0.2, 0.25) is 0 Å². The van der Waals surface area contributed by atoms with Crippen LogP contribution in [-0.4, -0.2) is 41.1 Å². The van der Waals surface area contributed by atoms with E-state index in [1.54, 1.807) is 24.3 Å². The number of fused-ring (bicyclic) bond motifs is 1. The van der Waals surface area contributed by atoms with E-state index in [0.29, 0.717) is 11.4 Å². The SMILES string of the molecule is O=C1CN(C(=O)COC(=O)c2ccc(O)cc2O)c2ccccc2N1. The summed E-state index contributed by atoms with van der Waals surface area (Å²) >= 11 is 0. The molecular weight excluding hydrogens is 328 g/mol. The van der Waals surface area contributed by atoms with Gasteiger partial charge in [-0.05, 0) is 24.3 Å². The molecule has 1 heterocycles. The molecule has 3 rings (SSSR count). The highest BCUT2D eigenvalue weighted by Crippen LogP contribution is 2.29. The quantitative estimate of drug-likeness (QED) is 0.723. The van der Waals surface area contributed by atoms with Crippen molar-refractivity contribution in [3.05, 3.63) is 48.0 Å². The monoisotopic (exact) mass is 342 g/mol. The van der Waals surface area contributed by atoms with Crippen LogP contribution in [0.4, 0.5) is 11.4 Å². The fourth-order valence-electron chi connectivity index (χ4n) is 2.43. The Balaban J connectivity index is 1.71. The molecule has 2 aromatic carbocycles. The minimum absolute atomic E-state index is 0.178. The van der Waals surface area contributed by atoms with Crippen LogP contribution < -0.4 is 10.2 Å². The number of phenolic OH excluding ortho intramolecular Hbond substituents is 2. The second-order valence-corrected chi connectivity index (χ2v) is 5.32. The Bertz CT molecular complexity index is 864. The fraction of sp³-hybridized carbons (Fsp3) is 0.118. The number of ether oxygens (including phenoxy) is 1. The van der Waals surface area contributed by atoms with E-state index in [2.05, 4.69) is 5.32 Å². The molecule has 8 heteroatoms. The van der Waals surface area contributed by atoms with Crippen LogP contribution >= 0.6 is 0 Å². The van der Waals surface area contributed by atoms with Gasteiger partial charge in [-0.1, -0.05) is 12.1 Å². The number of anilines is 2. The maximum Gasteiger partial charge on any atom is 0.342 e. The van der Waals surface area contributed by atoms with Gasteiger partial charge in [0.2, 0.25) is 5.91 Å². The van der Waals surface area contributed by atoms with Crippen LogP contribution in [0.1, 0.15) is 10.4 Å². The van der Waals surface area contributed by atoms with Crippen molar-refractivity contribution in [1.82, 2.24) is 0 Å². The third-order valence-electron chi connectivity index (χ3n) is 3.60. The molecule has 25 heavy (non-hydrogen) atoms. The molecule has 2 amide bonds. The molecule has 0 bridgehead atoms. The summed E-state index contributed by atoms with van der Waals surface area (Å²) in [5.74, 6) is -2.51. The maximum atomic E-state index is 12.3. The van der Waals surface area contributed by atoms with E-state index in [1.807, 2.05) is 0 Å². The number of amides is 2. The number of hydrogen-bond acceptors (Lipinski definition) is 6. The molecular formula is C17H14N2O6. The molecule has 0 spiro atoms. The number of carbonyl (C=O) groups is 3. The van der Waals surface area contributed by atoms with E-state index in [0.717, 1.165) is 6.07 Å². The van der Waals surface area contributed by atoms with Crippen molar-refractivity contribution < 1.29 is 29.3 Å². The molecule has 2 aromatic rings. The van der Waals surface area contributed by atoms with Crippen LogP contribution in [0.5, 0.6) is 11.5 Å². The van der Waals surface area contributed by atoms with Crippen LogP contribution in [-0.2, 0) is 14.3 Å². The van der Waals surface area contributed by atoms with Crippen LogP contribution in [0.3, 0.4) is 0 Å². The summed E-state index contributed by atoms with van der Waals surface area (Å²) in [6, 6.07) is 10.2. The molecule has 0 radical (unpaired) electrons. The van der Waals surface area contributed by atoms with E-state index >= 15 is 0 Å². The zero-order valence-corrected chi connectivity index (χ0v) is 12.9. The Morgan fingerprint density at radius 2 is 1.92 bits per heavy atom. The molecule has 0 saturated carbocycles. The van der Waals surface area contributed by atoms with Crippen molar-refractivity contribution in [2.24, 2.45) is 0 Å². The minimum atomic E-state index is -0.916. The standard InChI is InChI=1S/C17H14N2O6/c20-10-5-6-11(14(21)7-10)17(24)25-9-16(23)19-8-15(22)18-12-3-1-2-4-13(12)19/h1-7,20-21H,8-9H2,(H,18,22). The number of para-hydroxylation sites is 2. The van der Waals surface area contributed by atoms with Gasteiger partial charge in [0.25, 0.3) is 5.91 Å². The lowest BCUT2D eigenvalue weighted by Gasteiger charge is -2.28. The highest BCUT2D eigenvalue weighted by atomic mass is 16.5. The van der Waals surface area contributed by atoms with Crippen molar-refractivity contribution in [3.63, 3.8) is 0 Å². The van der Waals surface area contributed by atoms with Crippen LogP contribution in [0, 0.1) is 0 Å². The van der Waals surface area contributed by atoms with Gasteiger partial charge in [0, 0.05) is 6.07 Å². The number of carbonyl (C=O) groups excluding carboxylic acids is 3. The first kappa shape index (κ1) is 16.3. The topological polar surface area (TPSA) is 116 Å². The van der Waals surface area contributed by atoms with E-state index in [4.69, 9.17) is 4.74 Å². The molecule has 1 aliphatic heterocycles. The maximum absolute atomic E-state index is 12.3. The second-order valence-electron chi connectivity index (χ2n) is 5.32. The predicted octanol–water partition coefficient (Wildman–Crippen LogP) is 1.24. The lowest BCUT2D eigenvalue weighted by Crippen LogP contribution is -2.44. The first-order valence-electron chi connectivity index (χ1n) is 7.34. The molecule has 0 aliphatic carbocycles.